The van der Waals surface area contributed by atoms with Crippen LogP contribution in [0.15, 0.2) is 41.1 Å². The second-order valence-electron chi connectivity index (χ2n) is 3.76. The molecule has 2 aromatic rings. The highest BCUT2D eigenvalue weighted by Crippen LogP contribution is 2.05. The number of hydrogen-bond donors (Lipinski definition) is 1. The van der Waals surface area contributed by atoms with Gasteiger partial charge >= 0.3 is 0 Å². The van der Waals surface area contributed by atoms with Crippen molar-refractivity contribution in [2.45, 2.75) is 19.8 Å². The van der Waals surface area contributed by atoms with Gasteiger partial charge in [-0.2, -0.15) is 0 Å². The third-order valence-electron chi connectivity index (χ3n) is 2.34. The fourth-order valence-corrected chi connectivity index (χ4v) is 1.50. The Hall–Kier alpha value is -1.65. The smallest absolute Gasteiger partial charge is 0.129 e. The molecule has 0 aliphatic carbocycles. The van der Waals surface area contributed by atoms with E-state index >= 15 is 0 Å². The number of furan rings is 1. The van der Waals surface area contributed by atoms with E-state index in [1.165, 1.54) is 5.56 Å². The summed E-state index contributed by atoms with van der Waals surface area (Å²) in [6, 6.07) is 7.77. The molecule has 90 valence electrons. The van der Waals surface area contributed by atoms with E-state index in [0.29, 0.717) is 13.2 Å². The summed E-state index contributed by atoms with van der Waals surface area (Å²) in [5, 5.41) is 3.08. The highest BCUT2D eigenvalue weighted by molar-refractivity contribution is 5.13. The molecule has 0 atom stereocenters. The molecule has 4 nitrogen and oxygen atoms in total. The lowest BCUT2D eigenvalue weighted by Crippen LogP contribution is -2.05. The van der Waals surface area contributed by atoms with E-state index in [-0.39, 0.29) is 0 Å². The van der Waals surface area contributed by atoms with Crippen LogP contribution in [0.5, 0.6) is 0 Å². The predicted molar refractivity (Wildman–Crippen MR) is 64.2 cm³/mol. The standard InChI is InChI=1S/C13H16N2O2/c1-14-7-11-4-5-12(15-8-11)9-16-10-13-3-2-6-17-13/h2-6,8,14H,7,9-10H2,1H3. The Kier molecular flexibility index (Phi) is 4.30. The average molecular weight is 232 g/mol. The Labute approximate surface area is 101 Å². The van der Waals surface area contributed by atoms with E-state index in [1.54, 1.807) is 6.26 Å². The number of nitrogens with zero attached hydrogens (tertiary/aromatic N) is 1. The first-order valence-electron chi connectivity index (χ1n) is 5.57. The lowest BCUT2D eigenvalue weighted by atomic mass is 10.2. The quantitative estimate of drug-likeness (QED) is 0.828. The van der Waals surface area contributed by atoms with Gasteiger partial charge in [-0.25, -0.2) is 0 Å². The van der Waals surface area contributed by atoms with Gasteiger partial charge < -0.3 is 14.5 Å². The van der Waals surface area contributed by atoms with Gasteiger partial charge in [0.25, 0.3) is 0 Å². The third-order valence-corrected chi connectivity index (χ3v) is 2.34. The van der Waals surface area contributed by atoms with Crippen molar-refractivity contribution in [1.29, 1.82) is 0 Å². The summed E-state index contributed by atoms with van der Waals surface area (Å²) in [7, 11) is 1.92. The molecular formula is C13H16N2O2. The molecule has 1 N–H and O–H groups in total. The summed E-state index contributed by atoms with van der Waals surface area (Å²) >= 11 is 0. The van der Waals surface area contributed by atoms with Crippen LogP contribution in [0, 0.1) is 0 Å². The van der Waals surface area contributed by atoms with Crippen LogP contribution in [-0.2, 0) is 24.5 Å². The van der Waals surface area contributed by atoms with Crippen molar-refractivity contribution in [3.8, 4) is 0 Å². The zero-order chi connectivity index (χ0) is 11.9. The topological polar surface area (TPSA) is 47.3 Å². The number of ether oxygens (including phenoxy) is 1. The zero-order valence-electron chi connectivity index (χ0n) is 9.85. The van der Waals surface area contributed by atoms with E-state index in [0.717, 1.165) is 18.0 Å². The molecule has 2 aromatic heterocycles. The van der Waals surface area contributed by atoms with Crippen LogP contribution in [0.3, 0.4) is 0 Å². The molecular weight excluding hydrogens is 216 g/mol. The first-order valence-corrected chi connectivity index (χ1v) is 5.57. The van der Waals surface area contributed by atoms with Crippen molar-refractivity contribution >= 4 is 0 Å². The summed E-state index contributed by atoms with van der Waals surface area (Å²) in [4.78, 5) is 4.32. The first-order chi connectivity index (χ1) is 8.38. The molecule has 0 aliphatic rings. The van der Waals surface area contributed by atoms with Gasteiger partial charge in [-0.05, 0) is 30.8 Å². The van der Waals surface area contributed by atoms with E-state index in [4.69, 9.17) is 9.15 Å². The van der Waals surface area contributed by atoms with Crippen LogP contribution in [0.2, 0.25) is 0 Å². The van der Waals surface area contributed by atoms with Crippen molar-refractivity contribution < 1.29 is 9.15 Å². The second-order valence-corrected chi connectivity index (χ2v) is 3.76. The normalized spacial score (nSPS) is 10.6. The van der Waals surface area contributed by atoms with Gasteiger partial charge in [0.15, 0.2) is 0 Å². The van der Waals surface area contributed by atoms with Crippen LogP contribution >= 0.6 is 0 Å². The van der Waals surface area contributed by atoms with E-state index < -0.39 is 0 Å². The molecule has 0 saturated heterocycles. The maximum Gasteiger partial charge on any atom is 0.129 e. The summed E-state index contributed by atoms with van der Waals surface area (Å²) in [5.41, 5.74) is 2.10. The molecule has 0 amide bonds. The lowest BCUT2D eigenvalue weighted by molar-refractivity contribution is 0.0906. The van der Waals surface area contributed by atoms with Gasteiger partial charge in [0.05, 0.1) is 18.6 Å². The number of rotatable bonds is 6. The van der Waals surface area contributed by atoms with Gasteiger partial charge in [0.2, 0.25) is 0 Å². The van der Waals surface area contributed by atoms with Crippen molar-refractivity contribution in [2.75, 3.05) is 7.05 Å². The van der Waals surface area contributed by atoms with E-state index in [2.05, 4.69) is 16.4 Å². The van der Waals surface area contributed by atoms with Crippen LogP contribution < -0.4 is 5.32 Å². The molecule has 0 unspecified atom stereocenters. The summed E-state index contributed by atoms with van der Waals surface area (Å²) in [6.45, 7) is 1.81. The molecule has 0 saturated carbocycles. The highest BCUT2D eigenvalue weighted by atomic mass is 16.5. The number of hydrogen-bond acceptors (Lipinski definition) is 4. The summed E-state index contributed by atoms with van der Waals surface area (Å²) in [5.74, 6) is 0.830. The van der Waals surface area contributed by atoms with Gasteiger partial charge in [0, 0.05) is 12.7 Å². The maximum atomic E-state index is 5.49. The molecule has 0 radical (unpaired) electrons. The molecule has 2 heterocycles. The maximum absolute atomic E-state index is 5.49. The van der Waals surface area contributed by atoms with E-state index in [1.807, 2.05) is 31.4 Å². The zero-order valence-corrected chi connectivity index (χ0v) is 9.85. The van der Waals surface area contributed by atoms with Crippen molar-refractivity contribution in [2.24, 2.45) is 0 Å². The van der Waals surface area contributed by atoms with Gasteiger partial charge in [-0.3, -0.25) is 4.98 Å². The lowest BCUT2D eigenvalue weighted by Gasteiger charge is -2.03. The highest BCUT2D eigenvalue weighted by Gasteiger charge is 1.98. The monoisotopic (exact) mass is 232 g/mol. The Morgan fingerprint density at radius 3 is 2.88 bits per heavy atom. The van der Waals surface area contributed by atoms with Crippen LogP contribution in [0.25, 0.3) is 0 Å². The van der Waals surface area contributed by atoms with Gasteiger partial charge in [-0.1, -0.05) is 6.07 Å². The minimum absolute atomic E-state index is 0.479. The minimum Gasteiger partial charge on any atom is -0.467 e. The number of pyridine rings is 1. The average Bonchev–Trinajstić information content (AvgIpc) is 2.85. The Morgan fingerprint density at radius 2 is 2.24 bits per heavy atom. The molecule has 4 heteroatoms. The minimum atomic E-state index is 0.479. The second kappa shape index (κ2) is 6.18. The number of aromatic nitrogens is 1. The molecule has 0 bridgehead atoms. The van der Waals surface area contributed by atoms with Crippen LogP contribution in [-0.4, -0.2) is 12.0 Å². The SMILES string of the molecule is CNCc1ccc(COCc2ccco2)nc1. The Bertz CT molecular complexity index is 423. The fraction of sp³-hybridized carbons (Fsp3) is 0.308. The molecule has 17 heavy (non-hydrogen) atoms. The van der Waals surface area contributed by atoms with E-state index in [9.17, 15) is 0 Å². The molecule has 0 aliphatic heterocycles. The summed E-state index contributed by atoms with van der Waals surface area (Å²) < 4.78 is 10.7. The summed E-state index contributed by atoms with van der Waals surface area (Å²) in [6.07, 6.45) is 3.51. The van der Waals surface area contributed by atoms with Gasteiger partial charge in [0.1, 0.15) is 12.4 Å². The van der Waals surface area contributed by atoms with Crippen molar-refractivity contribution in [3.05, 3.63) is 53.7 Å². The van der Waals surface area contributed by atoms with Crippen LogP contribution in [0.4, 0.5) is 0 Å². The Morgan fingerprint density at radius 1 is 1.29 bits per heavy atom. The molecule has 0 fully saturated rings. The van der Waals surface area contributed by atoms with Crippen molar-refractivity contribution in [1.82, 2.24) is 10.3 Å². The molecule has 0 spiro atoms. The Balaban J connectivity index is 1.79. The first kappa shape index (κ1) is 11.8. The fourth-order valence-electron chi connectivity index (χ4n) is 1.50. The molecule has 0 aromatic carbocycles. The predicted octanol–water partition coefficient (Wildman–Crippen LogP) is 2.11. The van der Waals surface area contributed by atoms with Crippen LogP contribution in [0.1, 0.15) is 17.0 Å². The third kappa shape index (κ3) is 3.69. The van der Waals surface area contributed by atoms with Gasteiger partial charge in [-0.15, -0.1) is 0 Å². The molecule has 2 rings (SSSR count). The largest absolute Gasteiger partial charge is 0.467 e. The number of nitrogens with one attached hydrogen (secondary N) is 1. The van der Waals surface area contributed by atoms with Crippen molar-refractivity contribution in [3.63, 3.8) is 0 Å².